The number of carbonyl (C=O) groups excluding carboxylic acids is 4. The van der Waals surface area contributed by atoms with Crippen LogP contribution >= 0.6 is 0 Å². The van der Waals surface area contributed by atoms with Gasteiger partial charge >= 0.3 is 5.97 Å². The summed E-state index contributed by atoms with van der Waals surface area (Å²) in [6.45, 7) is 12.9. The monoisotopic (exact) mass is 869 g/mol. The molecule has 1 amide bonds. The van der Waals surface area contributed by atoms with Crippen molar-refractivity contribution in [1.82, 2.24) is 4.90 Å². The summed E-state index contributed by atoms with van der Waals surface area (Å²) in [5.74, 6) is -6.99. The van der Waals surface area contributed by atoms with Crippen LogP contribution in [0.25, 0.3) is 0 Å². The minimum Gasteiger partial charge on any atom is -0.489 e. The summed E-state index contributed by atoms with van der Waals surface area (Å²) >= 11 is 0. The maximum atomic E-state index is 16.3. The van der Waals surface area contributed by atoms with Gasteiger partial charge in [-0.2, -0.15) is 0 Å². The molecule has 13 heteroatoms. The number of cyclic esters (lactones) is 1. The van der Waals surface area contributed by atoms with Gasteiger partial charge in [0.1, 0.15) is 42.1 Å². The van der Waals surface area contributed by atoms with Crippen LogP contribution in [0.5, 0.6) is 5.75 Å². The van der Waals surface area contributed by atoms with Gasteiger partial charge in [0, 0.05) is 45.1 Å². The summed E-state index contributed by atoms with van der Waals surface area (Å²) in [5, 5.41) is 12.1. The largest absolute Gasteiger partial charge is 0.489 e. The van der Waals surface area contributed by atoms with Gasteiger partial charge in [0.05, 0.1) is 12.2 Å². The van der Waals surface area contributed by atoms with Crippen molar-refractivity contribution in [3.63, 3.8) is 0 Å². The highest BCUT2D eigenvalue weighted by molar-refractivity contribution is 6.39. The first kappa shape index (κ1) is 49.5. The smallest absolute Gasteiger partial charge is 0.329 e. The average Bonchev–Trinajstić information content (AvgIpc) is 3.26. The van der Waals surface area contributed by atoms with Crippen LogP contribution in [0.3, 0.4) is 0 Å². The second kappa shape index (κ2) is 21.9. The van der Waals surface area contributed by atoms with Crippen molar-refractivity contribution < 1.29 is 52.4 Å². The number of esters is 1. The van der Waals surface area contributed by atoms with Crippen LogP contribution in [-0.4, -0.2) is 109 Å². The number of ether oxygens (including phenoxy) is 5. The number of hydrogen-bond donors (Lipinski definition) is 2. The van der Waals surface area contributed by atoms with Crippen LogP contribution in [0.4, 0.5) is 4.39 Å². The molecule has 5 rings (SSSR count). The van der Waals surface area contributed by atoms with Gasteiger partial charge in [-0.3, -0.25) is 14.4 Å². The molecule has 3 fully saturated rings. The third-order valence-corrected chi connectivity index (χ3v) is 14.1. The zero-order valence-corrected chi connectivity index (χ0v) is 38.5. The highest BCUT2D eigenvalue weighted by atomic mass is 19.1. The van der Waals surface area contributed by atoms with E-state index in [4.69, 9.17) is 29.4 Å². The Hall–Kier alpha value is -3.49. The number of carbonyl (C=O) groups is 4. The molecule has 62 heavy (non-hydrogen) atoms. The normalized spacial score (nSPS) is 38.6. The molecule has 14 unspecified atom stereocenters. The fraction of sp³-hybridized carbons (Fsp3) is 0.714. The summed E-state index contributed by atoms with van der Waals surface area (Å²) in [4.78, 5) is 58.1. The molecule has 0 spiro atoms. The van der Waals surface area contributed by atoms with Gasteiger partial charge in [-0.05, 0) is 126 Å². The molecular weight excluding hydrogens is 796 g/mol. The lowest BCUT2D eigenvalue weighted by atomic mass is 9.81. The predicted molar refractivity (Wildman–Crippen MR) is 234 cm³/mol. The van der Waals surface area contributed by atoms with Crippen molar-refractivity contribution in [2.45, 2.75) is 174 Å². The quantitative estimate of drug-likeness (QED) is 0.162. The minimum absolute atomic E-state index is 0.0298. The molecule has 14 atom stereocenters. The number of halogens is 1. The number of nitrogens with zero attached hydrogens (tertiary/aromatic N) is 1. The van der Waals surface area contributed by atoms with Crippen LogP contribution in [0, 0.1) is 36.5 Å². The van der Waals surface area contributed by atoms with Crippen molar-refractivity contribution in [1.29, 1.82) is 0 Å². The molecule has 0 radical (unpaired) electrons. The summed E-state index contributed by atoms with van der Waals surface area (Å²) in [7, 11) is 2.93. The number of alkyl halides is 1. The third kappa shape index (κ3) is 11.6. The molecule has 3 aliphatic heterocycles. The summed E-state index contributed by atoms with van der Waals surface area (Å²) in [6.07, 6.45) is 3.89. The molecule has 0 aromatic heterocycles. The number of amides is 1. The van der Waals surface area contributed by atoms with Gasteiger partial charge in [-0.1, -0.05) is 57.5 Å². The number of hydrogen-bond acceptors (Lipinski definition) is 11. The molecular formula is C49H73FN2O10. The first-order valence-corrected chi connectivity index (χ1v) is 23.0. The van der Waals surface area contributed by atoms with Gasteiger partial charge in [0.15, 0.2) is 0 Å². The molecule has 3 heterocycles. The molecule has 1 aromatic carbocycles. The minimum atomic E-state index is -2.57. The van der Waals surface area contributed by atoms with E-state index in [2.05, 4.69) is 6.08 Å². The fourth-order valence-corrected chi connectivity index (χ4v) is 10.0. The summed E-state index contributed by atoms with van der Waals surface area (Å²) < 4.78 is 46.9. The lowest BCUT2D eigenvalue weighted by Crippen LogP contribution is -2.64. The molecule has 1 saturated carbocycles. The van der Waals surface area contributed by atoms with Crippen LogP contribution < -0.4 is 10.5 Å². The number of Topliss-reactive ketones (excluding diaryl/α,β-unsaturated/α-hetero) is 2. The van der Waals surface area contributed by atoms with Crippen molar-refractivity contribution in [2.75, 3.05) is 20.8 Å². The van der Waals surface area contributed by atoms with E-state index in [1.807, 2.05) is 52.0 Å². The maximum Gasteiger partial charge on any atom is 0.329 e. The zero-order valence-electron chi connectivity index (χ0n) is 38.5. The van der Waals surface area contributed by atoms with Gasteiger partial charge < -0.3 is 39.4 Å². The Balaban J connectivity index is 1.49. The second-order valence-electron chi connectivity index (χ2n) is 18.8. The predicted octanol–water partition coefficient (Wildman–Crippen LogP) is 7.16. The summed E-state index contributed by atoms with van der Waals surface area (Å²) in [6, 6.07) is 6.65. The standard InChI is InChI=1S/C49H73FN2O10/c1-10-35-24-30(4)43(50)31(5)25-41(58-8)45-42(59-9)26-33(7)49(57,62-45)46(54)47(55)52-22-12-11-13-38(52)48(56)61-44(29(3)16-21-39(35)53)32(6)23-34-17-20-37(51)40(27-34)60-36-18-14-28(2)15-19-36/h14-15,18-19,23-24,29,31,33-35,37-38,40-45,57H,10-13,16-17,20-22,25-27,51H2,1-9H3/b30-24+,32-23?. The van der Waals surface area contributed by atoms with E-state index in [9.17, 15) is 24.3 Å². The van der Waals surface area contributed by atoms with Gasteiger partial charge in [-0.15, -0.1) is 0 Å². The third-order valence-electron chi connectivity index (χ3n) is 14.1. The average molecular weight is 869 g/mol. The molecule has 3 N–H and O–H groups in total. The molecule has 12 nitrogen and oxygen atoms in total. The number of aliphatic hydroxyl groups is 1. The molecule has 2 saturated heterocycles. The Kier molecular flexibility index (Phi) is 17.5. The molecule has 1 aromatic rings. The van der Waals surface area contributed by atoms with E-state index >= 15 is 4.39 Å². The van der Waals surface area contributed by atoms with Crippen molar-refractivity contribution in [3.8, 4) is 5.75 Å². The van der Waals surface area contributed by atoms with E-state index in [-0.39, 0.29) is 62.0 Å². The molecule has 2 bridgehead atoms. The number of rotatable bonds is 7. The van der Waals surface area contributed by atoms with Crippen molar-refractivity contribution in [3.05, 3.63) is 53.1 Å². The van der Waals surface area contributed by atoms with Crippen LogP contribution in [0.15, 0.2) is 47.6 Å². The Labute approximate surface area is 368 Å². The summed E-state index contributed by atoms with van der Waals surface area (Å²) in [5.41, 5.74) is 8.92. The first-order valence-electron chi connectivity index (χ1n) is 23.0. The van der Waals surface area contributed by atoms with Crippen molar-refractivity contribution in [2.24, 2.45) is 35.3 Å². The number of nitrogens with two attached hydrogens (primary N) is 1. The van der Waals surface area contributed by atoms with Crippen LogP contribution in [-0.2, 0) is 38.1 Å². The molecule has 346 valence electrons. The van der Waals surface area contributed by atoms with Crippen molar-refractivity contribution >= 4 is 23.4 Å². The number of allylic oxidation sites excluding steroid dienone is 3. The lowest BCUT2D eigenvalue weighted by Gasteiger charge is -2.47. The molecule has 4 aliphatic rings. The Morgan fingerprint density at radius 2 is 1.61 bits per heavy atom. The van der Waals surface area contributed by atoms with E-state index < -0.39 is 77.8 Å². The SMILES string of the molecule is CCC1/C=C(\C)C(F)C(C)CC(OC)C2OC(O)(C(=O)C(=O)N3CCCCC3C(=O)OC(C(C)=CC3CCC(N)C(Oc4ccc(C)cc4)C3)C(C)CCC1=O)C(C)CC2OC. The van der Waals surface area contributed by atoms with E-state index in [0.717, 1.165) is 29.7 Å². The highest BCUT2D eigenvalue weighted by Gasteiger charge is 2.56. The van der Waals surface area contributed by atoms with Gasteiger partial charge in [-0.25, -0.2) is 9.18 Å². The number of aryl methyl sites for hydroxylation is 1. The topological polar surface area (TPSA) is 164 Å². The number of methoxy groups -OCH3 is 2. The van der Waals surface area contributed by atoms with E-state index in [1.54, 1.807) is 26.8 Å². The zero-order chi connectivity index (χ0) is 45.5. The Bertz CT molecular complexity index is 1770. The van der Waals surface area contributed by atoms with Gasteiger partial charge in [0.25, 0.3) is 11.7 Å². The number of ketones is 2. The number of fused-ring (bicyclic) bond motifs is 3. The number of benzene rings is 1. The first-order chi connectivity index (χ1) is 29.4. The molecule has 1 aliphatic carbocycles. The fourth-order valence-electron chi connectivity index (χ4n) is 10.0. The van der Waals surface area contributed by atoms with E-state index in [1.165, 1.54) is 19.1 Å². The Morgan fingerprint density at radius 1 is 0.935 bits per heavy atom. The Morgan fingerprint density at radius 3 is 2.27 bits per heavy atom. The maximum absolute atomic E-state index is 16.3. The lowest BCUT2D eigenvalue weighted by molar-refractivity contribution is -0.302. The second-order valence-corrected chi connectivity index (χ2v) is 18.8. The van der Waals surface area contributed by atoms with Gasteiger partial charge in [0.2, 0.25) is 5.79 Å². The highest BCUT2D eigenvalue weighted by Crippen LogP contribution is 2.39. The van der Waals surface area contributed by atoms with Crippen LogP contribution in [0.2, 0.25) is 0 Å². The van der Waals surface area contributed by atoms with Crippen LogP contribution in [0.1, 0.15) is 118 Å². The number of piperidine rings is 1. The van der Waals surface area contributed by atoms with E-state index in [0.29, 0.717) is 37.7 Å².